The van der Waals surface area contributed by atoms with Gasteiger partial charge in [0.25, 0.3) is 11.8 Å². The molecule has 11 heteroatoms. The highest BCUT2D eigenvalue weighted by atomic mass is 19.4. The van der Waals surface area contributed by atoms with Crippen molar-refractivity contribution >= 4 is 29.0 Å². The molecule has 1 aromatic heterocycles. The first-order chi connectivity index (χ1) is 18.2. The van der Waals surface area contributed by atoms with Gasteiger partial charge in [0.15, 0.2) is 0 Å². The van der Waals surface area contributed by atoms with E-state index in [-0.39, 0.29) is 41.4 Å². The smallest absolute Gasteiger partial charge is 0.419 e. The third-order valence-corrected chi connectivity index (χ3v) is 6.80. The van der Waals surface area contributed by atoms with Crippen LogP contribution in [0.4, 0.5) is 30.4 Å². The van der Waals surface area contributed by atoms with Crippen molar-refractivity contribution in [3.05, 3.63) is 77.0 Å². The van der Waals surface area contributed by atoms with Crippen LogP contribution in [0.15, 0.2) is 54.7 Å². The number of nitrogens with zero attached hydrogens (tertiary/aromatic N) is 2. The number of benzene rings is 2. The number of ether oxygens (including phenoxy) is 1. The first-order valence-corrected chi connectivity index (χ1v) is 12.2. The number of hydrogen-bond acceptors (Lipinski definition) is 6. The Morgan fingerprint density at radius 3 is 2.82 bits per heavy atom. The van der Waals surface area contributed by atoms with E-state index in [4.69, 9.17) is 4.74 Å². The van der Waals surface area contributed by atoms with E-state index in [1.165, 1.54) is 18.3 Å². The summed E-state index contributed by atoms with van der Waals surface area (Å²) in [7, 11) is 1.92. The van der Waals surface area contributed by atoms with Crippen molar-refractivity contribution in [3.63, 3.8) is 0 Å². The van der Waals surface area contributed by atoms with Crippen molar-refractivity contribution in [2.75, 3.05) is 30.8 Å². The number of amides is 2. The second kappa shape index (κ2) is 10.3. The van der Waals surface area contributed by atoms with Crippen molar-refractivity contribution in [2.45, 2.75) is 31.6 Å². The number of anilines is 3. The number of carbonyl (C=O) groups excluding carboxylic acids is 2. The van der Waals surface area contributed by atoms with Gasteiger partial charge in [-0.05, 0) is 62.8 Å². The summed E-state index contributed by atoms with van der Waals surface area (Å²) in [5.41, 5.74) is 1.35. The lowest BCUT2D eigenvalue weighted by Gasteiger charge is -2.22. The fourth-order valence-electron chi connectivity index (χ4n) is 4.71. The largest absolute Gasteiger partial charge is 0.491 e. The van der Waals surface area contributed by atoms with Gasteiger partial charge in [0.1, 0.15) is 18.2 Å². The summed E-state index contributed by atoms with van der Waals surface area (Å²) in [5, 5.41) is 8.53. The number of alkyl halides is 3. The summed E-state index contributed by atoms with van der Waals surface area (Å²) in [5.74, 6) is -0.839. The predicted molar refractivity (Wildman–Crippen MR) is 136 cm³/mol. The molecule has 0 unspecified atom stereocenters. The van der Waals surface area contributed by atoms with Gasteiger partial charge in [0.05, 0.1) is 11.1 Å². The summed E-state index contributed by atoms with van der Waals surface area (Å²) >= 11 is 0. The maximum absolute atomic E-state index is 13.6. The van der Waals surface area contributed by atoms with Crippen LogP contribution in [-0.2, 0) is 12.7 Å². The Kier molecular flexibility index (Phi) is 6.94. The summed E-state index contributed by atoms with van der Waals surface area (Å²) in [6.45, 7) is 1.33. The zero-order valence-corrected chi connectivity index (χ0v) is 20.6. The maximum Gasteiger partial charge on any atom is 0.419 e. The molecule has 0 spiro atoms. The molecule has 1 atom stereocenters. The molecule has 8 nitrogen and oxygen atoms in total. The van der Waals surface area contributed by atoms with Crippen LogP contribution in [0.3, 0.4) is 0 Å². The molecule has 2 aliphatic heterocycles. The molecule has 38 heavy (non-hydrogen) atoms. The fraction of sp³-hybridized carbons (Fsp3) is 0.296. The van der Waals surface area contributed by atoms with Crippen molar-refractivity contribution < 1.29 is 27.5 Å². The summed E-state index contributed by atoms with van der Waals surface area (Å²) in [4.78, 5) is 31.5. The minimum atomic E-state index is -4.61. The topological polar surface area (TPSA) is 95.6 Å². The van der Waals surface area contributed by atoms with E-state index in [1.807, 2.05) is 7.05 Å². The SMILES string of the molecule is CN1CCC[C@H]1COc1cc(NC(=O)c2cccnc2Nc2cccc3c2CNC3=O)ccc1C(F)(F)F. The number of carbonyl (C=O) groups is 2. The van der Waals surface area contributed by atoms with E-state index in [9.17, 15) is 22.8 Å². The van der Waals surface area contributed by atoms with E-state index in [1.54, 1.807) is 30.3 Å². The number of hydrogen-bond donors (Lipinski definition) is 3. The third-order valence-electron chi connectivity index (χ3n) is 6.80. The van der Waals surface area contributed by atoms with E-state index in [0.29, 0.717) is 17.8 Å². The summed E-state index contributed by atoms with van der Waals surface area (Å²) < 4.78 is 46.6. The van der Waals surface area contributed by atoms with E-state index in [0.717, 1.165) is 31.0 Å². The second-order valence-corrected chi connectivity index (χ2v) is 9.29. The molecule has 3 N–H and O–H groups in total. The van der Waals surface area contributed by atoms with E-state index < -0.39 is 17.6 Å². The summed E-state index contributed by atoms with van der Waals surface area (Å²) in [6, 6.07) is 11.7. The van der Waals surface area contributed by atoms with Crippen LogP contribution < -0.4 is 20.7 Å². The standard InChI is InChI=1S/C27H26F3N5O3/c1-35-12-4-5-17(35)15-38-23-13-16(9-10-21(23)27(28,29)30)33-26(37)19-7-3-11-31-24(19)34-22-8-2-6-18-20(22)14-32-25(18)36/h2-3,6-11,13,17H,4-5,12,14-15H2,1H3,(H,31,34)(H,32,36)(H,33,37)/t17-/m0/s1. The zero-order valence-electron chi connectivity index (χ0n) is 20.6. The Balaban J connectivity index is 1.37. The molecule has 0 bridgehead atoms. The van der Waals surface area contributed by atoms with E-state index >= 15 is 0 Å². The number of fused-ring (bicyclic) bond motifs is 1. The van der Waals surface area contributed by atoms with Crippen LogP contribution in [-0.4, -0.2) is 47.9 Å². The second-order valence-electron chi connectivity index (χ2n) is 9.29. The van der Waals surface area contributed by atoms with Gasteiger partial charge < -0.3 is 25.6 Å². The zero-order chi connectivity index (χ0) is 26.9. The van der Waals surface area contributed by atoms with Crippen molar-refractivity contribution in [1.29, 1.82) is 0 Å². The fourth-order valence-corrected chi connectivity index (χ4v) is 4.71. The van der Waals surface area contributed by atoms with Gasteiger partial charge >= 0.3 is 6.18 Å². The molecule has 2 amide bonds. The van der Waals surface area contributed by atoms with Gasteiger partial charge in [0, 0.05) is 47.4 Å². The summed E-state index contributed by atoms with van der Waals surface area (Å²) in [6.07, 6.45) is -1.28. The number of likely N-dealkylation sites (N-methyl/N-ethyl adjacent to an activating group) is 1. The third kappa shape index (κ3) is 5.28. The lowest BCUT2D eigenvalue weighted by Crippen LogP contribution is -2.31. The Bertz CT molecular complexity index is 1380. The molecule has 3 aromatic rings. The molecule has 0 saturated carbocycles. The Hall–Kier alpha value is -4.12. The van der Waals surface area contributed by atoms with Crippen LogP contribution in [0.5, 0.6) is 5.75 Å². The molecule has 198 valence electrons. The molecule has 0 aliphatic carbocycles. The highest BCUT2D eigenvalue weighted by Crippen LogP contribution is 2.38. The molecular formula is C27H26F3N5O3. The Morgan fingerprint density at radius 1 is 1.21 bits per heavy atom. The molecular weight excluding hydrogens is 499 g/mol. The lowest BCUT2D eigenvalue weighted by molar-refractivity contribution is -0.139. The normalized spacial score (nSPS) is 17.2. The molecule has 5 rings (SSSR count). The predicted octanol–water partition coefficient (Wildman–Crippen LogP) is 4.81. The van der Waals surface area contributed by atoms with Gasteiger partial charge in [-0.15, -0.1) is 0 Å². The molecule has 2 aliphatic rings. The minimum absolute atomic E-state index is 0.0308. The van der Waals surface area contributed by atoms with Gasteiger partial charge in [-0.25, -0.2) is 4.98 Å². The minimum Gasteiger partial charge on any atom is -0.491 e. The van der Waals surface area contributed by atoms with Gasteiger partial charge in [0.2, 0.25) is 0 Å². The molecule has 3 heterocycles. The number of likely N-dealkylation sites (tertiary alicyclic amines) is 1. The van der Waals surface area contributed by atoms with Crippen LogP contribution in [0.1, 0.15) is 44.7 Å². The lowest BCUT2D eigenvalue weighted by atomic mass is 10.1. The highest BCUT2D eigenvalue weighted by molar-refractivity contribution is 6.08. The number of rotatable bonds is 7. The molecule has 2 aromatic carbocycles. The quantitative estimate of drug-likeness (QED) is 0.410. The van der Waals surface area contributed by atoms with Gasteiger partial charge in [-0.1, -0.05) is 6.07 Å². The molecule has 1 fully saturated rings. The van der Waals surface area contributed by atoms with Crippen molar-refractivity contribution in [2.24, 2.45) is 0 Å². The number of aromatic nitrogens is 1. The van der Waals surface area contributed by atoms with Crippen molar-refractivity contribution in [1.82, 2.24) is 15.2 Å². The Morgan fingerprint density at radius 2 is 2.05 bits per heavy atom. The average molecular weight is 526 g/mol. The number of pyridine rings is 1. The van der Waals surface area contributed by atoms with Crippen LogP contribution in [0, 0.1) is 0 Å². The molecule has 0 radical (unpaired) electrons. The van der Waals surface area contributed by atoms with Crippen molar-refractivity contribution in [3.8, 4) is 5.75 Å². The first kappa shape index (κ1) is 25.5. The monoisotopic (exact) mass is 525 g/mol. The van der Waals surface area contributed by atoms with E-state index in [2.05, 4.69) is 25.8 Å². The Labute approximate surface area is 217 Å². The highest BCUT2D eigenvalue weighted by Gasteiger charge is 2.35. The molecule has 1 saturated heterocycles. The average Bonchev–Trinajstić information content (AvgIpc) is 3.48. The number of halogens is 3. The van der Waals surface area contributed by atoms with Crippen LogP contribution in [0.25, 0.3) is 0 Å². The van der Waals surface area contributed by atoms with Gasteiger partial charge in [-0.2, -0.15) is 13.2 Å². The van der Waals surface area contributed by atoms with Crippen LogP contribution >= 0.6 is 0 Å². The maximum atomic E-state index is 13.6. The van der Waals surface area contributed by atoms with Crippen LogP contribution in [0.2, 0.25) is 0 Å². The number of nitrogens with one attached hydrogen (secondary N) is 3. The van der Waals surface area contributed by atoms with Gasteiger partial charge in [-0.3, -0.25) is 9.59 Å². The first-order valence-electron chi connectivity index (χ1n) is 12.2.